The number of aromatic nitrogens is 2. The summed E-state index contributed by atoms with van der Waals surface area (Å²) in [6, 6.07) is 0. The maximum absolute atomic E-state index is 12.3. The lowest BCUT2D eigenvalue weighted by Crippen LogP contribution is -2.50. The van der Waals surface area contributed by atoms with E-state index in [1.165, 1.54) is 0 Å². The van der Waals surface area contributed by atoms with Crippen LogP contribution in [0.1, 0.15) is 6.42 Å². The van der Waals surface area contributed by atoms with E-state index in [1.54, 1.807) is 23.5 Å². The second kappa shape index (κ2) is 5.59. The number of piperazine rings is 1. The van der Waals surface area contributed by atoms with Gasteiger partial charge in [0.15, 0.2) is 9.84 Å². The van der Waals surface area contributed by atoms with Crippen LogP contribution in [0.4, 0.5) is 5.82 Å². The Morgan fingerprint density at radius 1 is 1.19 bits per heavy atom. The SMILES string of the molecule is O=C([C@@H]1CCS(=O)(=O)C1)N1CCN(c2cnccn2)CC1. The Kier molecular flexibility index (Phi) is 3.79. The number of anilines is 1. The summed E-state index contributed by atoms with van der Waals surface area (Å²) in [5.74, 6) is 0.597. The van der Waals surface area contributed by atoms with Gasteiger partial charge in [0.1, 0.15) is 5.82 Å². The average Bonchev–Trinajstić information content (AvgIpc) is 2.88. The predicted molar refractivity (Wildman–Crippen MR) is 77.6 cm³/mol. The van der Waals surface area contributed by atoms with Crippen LogP contribution < -0.4 is 4.90 Å². The molecular weight excluding hydrogens is 292 g/mol. The Morgan fingerprint density at radius 2 is 1.95 bits per heavy atom. The number of carbonyl (C=O) groups is 1. The Bertz CT molecular complexity index is 612. The molecule has 114 valence electrons. The van der Waals surface area contributed by atoms with Crippen LogP contribution in [0.2, 0.25) is 0 Å². The molecule has 1 amide bonds. The third-order valence-corrected chi connectivity index (χ3v) is 5.81. The van der Waals surface area contributed by atoms with Gasteiger partial charge in [-0.05, 0) is 6.42 Å². The van der Waals surface area contributed by atoms with Crippen molar-refractivity contribution in [3.8, 4) is 0 Å². The highest BCUT2D eigenvalue weighted by molar-refractivity contribution is 7.91. The Morgan fingerprint density at radius 3 is 2.52 bits per heavy atom. The second-order valence-electron chi connectivity index (χ2n) is 5.48. The van der Waals surface area contributed by atoms with E-state index in [9.17, 15) is 13.2 Å². The van der Waals surface area contributed by atoms with Crippen LogP contribution >= 0.6 is 0 Å². The molecule has 1 aromatic rings. The van der Waals surface area contributed by atoms with Gasteiger partial charge in [-0.2, -0.15) is 0 Å². The van der Waals surface area contributed by atoms with Crippen molar-refractivity contribution in [2.24, 2.45) is 5.92 Å². The van der Waals surface area contributed by atoms with E-state index in [1.807, 2.05) is 0 Å². The summed E-state index contributed by atoms with van der Waals surface area (Å²) in [4.78, 5) is 24.5. The molecule has 0 unspecified atom stereocenters. The van der Waals surface area contributed by atoms with E-state index in [4.69, 9.17) is 0 Å². The third kappa shape index (κ3) is 3.15. The molecular formula is C13H18N4O3S. The van der Waals surface area contributed by atoms with Crippen LogP contribution in [0.15, 0.2) is 18.6 Å². The fourth-order valence-corrected chi connectivity index (χ4v) is 4.59. The average molecular weight is 310 g/mol. The maximum Gasteiger partial charge on any atom is 0.226 e. The zero-order valence-electron chi connectivity index (χ0n) is 11.7. The molecule has 0 aromatic carbocycles. The molecule has 0 bridgehead atoms. The zero-order chi connectivity index (χ0) is 14.9. The van der Waals surface area contributed by atoms with Gasteiger partial charge in [-0.15, -0.1) is 0 Å². The standard InChI is InChI=1S/C13H18N4O3S/c18-13(11-1-8-21(19,20)10-11)17-6-4-16(5-7-17)12-9-14-2-3-15-12/h2-3,9,11H,1,4-8,10H2/t11-/m1/s1. The first-order chi connectivity index (χ1) is 10.1. The number of amides is 1. The molecule has 0 saturated carbocycles. The van der Waals surface area contributed by atoms with Crippen molar-refractivity contribution in [1.29, 1.82) is 0 Å². The first-order valence-corrected chi connectivity index (χ1v) is 8.87. The van der Waals surface area contributed by atoms with Crippen molar-refractivity contribution in [3.05, 3.63) is 18.6 Å². The van der Waals surface area contributed by atoms with Crippen molar-refractivity contribution in [2.75, 3.05) is 42.6 Å². The van der Waals surface area contributed by atoms with Crippen LogP contribution in [-0.4, -0.2) is 66.9 Å². The minimum absolute atomic E-state index is 0.0101. The molecule has 2 fully saturated rings. The van der Waals surface area contributed by atoms with Gasteiger partial charge >= 0.3 is 0 Å². The molecule has 0 aliphatic carbocycles. The molecule has 7 nitrogen and oxygen atoms in total. The Hall–Kier alpha value is -1.70. The number of hydrogen-bond donors (Lipinski definition) is 0. The van der Waals surface area contributed by atoms with Crippen LogP contribution in [0.5, 0.6) is 0 Å². The van der Waals surface area contributed by atoms with E-state index >= 15 is 0 Å². The molecule has 0 radical (unpaired) electrons. The Balaban J connectivity index is 1.57. The van der Waals surface area contributed by atoms with Gasteiger partial charge in [-0.1, -0.05) is 0 Å². The summed E-state index contributed by atoms with van der Waals surface area (Å²) in [5, 5.41) is 0. The molecule has 3 heterocycles. The number of carbonyl (C=O) groups excluding carboxylic acids is 1. The number of hydrogen-bond acceptors (Lipinski definition) is 6. The monoisotopic (exact) mass is 310 g/mol. The Labute approximate surface area is 123 Å². The molecule has 0 spiro atoms. The van der Waals surface area contributed by atoms with Crippen molar-refractivity contribution < 1.29 is 13.2 Å². The molecule has 1 aromatic heterocycles. The molecule has 2 saturated heterocycles. The third-order valence-electron chi connectivity index (χ3n) is 4.05. The lowest BCUT2D eigenvalue weighted by atomic mass is 10.1. The highest BCUT2D eigenvalue weighted by atomic mass is 32.2. The minimum atomic E-state index is -3.01. The lowest BCUT2D eigenvalue weighted by molar-refractivity contribution is -0.135. The number of rotatable bonds is 2. The molecule has 8 heteroatoms. The molecule has 2 aliphatic heterocycles. The summed E-state index contributed by atoms with van der Waals surface area (Å²) in [6.07, 6.45) is 5.45. The smallest absolute Gasteiger partial charge is 0.226 e. The molecule has 21 heavy (non-hydrogen) atoms. The van der Waals surface area contributed by atoms with E-state index in [0.717, 1.165) is 5.82 Å². The van der Waals surface area contributed by atoms with Crippen molar-refractivity contribution >= 4 is 21.6 Å². The molecule has 3 rings (SSSR count). The molecule has 2 aliphatic rings. The van der Waals surface area contributed by atoms with Crippen LogP contribution in [0.25, 0.3) is 0 Å². The highest BCUT2D eigenvalue weighted by Crippen LogP contribution is 2.22. The van der Waals surface area contributed by atoms with E-state index in [2.05, 4.69) is 14.9 Å². The van der Waals surface area contributed by atoms with Crippen LogP contribution in [-0.2, 0) is 14.6 Å². The van der Waals surface area contributed by atoms with Gasteiger partial charge in [0.25, 0.3) is 0 Å². The summed E-state index contributed by atoms with van der Waals surface area (Å²) in [7, 11) is -3.01. The second-order valence-corrected chi connectivity index (χ2v) is 7.70. The van der Waals surface area contributed by atoms with Gasteiger partial charge in [-0.25, -0.2) is 13.4 Å². The summed E-state index contributed by atoms with van der Waals surface area (Å²) in [5.41, 5.74) is 0. The lowest BCUT2D eigenvalue weighted by Gasteiger charge is -2.36. The maximum atomic E-state index is 12.3. The minimum Gasteiger partial charge on any atom is -0.352 e. The summed E-state index contributed by atoms with van der Waals surface area (Å²) in [6.45, 7) is 2.60. The first-order valence-electron chi connectivity index (χ1n) is 7.05. The first kappa shape index (κ1) is 14.2. The number of nitrogens with zero attached hydrogens (tertiary/aromatic N) is 4. The molecule has 0 N–H and O–H groups in total. The fourth-order valence-electron chi connectivity index (χ4n) is 2.86. The van der Waals surface area contributed by atoms with Gasteiger partial charge in [-0.3, -0.25) is 9.78 Å². The predicted octanol–water partition coefficient (Wildman–Crippen LogP) is -0.440. The topological polar surface area (TPSA) is 83.5 Å². The van der Waals surface area contributed by atoms with Crippen molar-refractivity contribution in [2.45, 2.75) is 6.42 Å². The van der Waals surface area contributed by atoms with E-state index < -0.39 is 9.84 Å². The van der Waals surface area contributed by atoms with Crippen molar-refractivity contribution in [3.63, 3.8) is 0 Å². The molecule has 1 atom stereocenters. The van der Waals surface area contributed by atoms with Crippen LogP contribution in [0.3, 0.4) is 0 Å². The summed E-state index contributed by atoms with van der Waals surface area (Å²) >= 11 is 0. The van der Waals surface area contributed by atoms with E-state index in [0.29, 0.717) is 32.6 Å². The van der Waals surface area contributed by atoms with Crippen LogP contribution in [0, 0.1) is 5.92 Å². The van der Waals surface area contributed by atoms with Gasteiger partial charge < -0.3 is 9.80 Å². The van der Waals surface area contributed by atoms with Gasteiger partial charge in [0.05, 0.1) is 23.6 Å². The van der Waals surface area contributed by atoms with Crippen molar-refractivity contribution in [1.82, 2.24) is 14.9 Å². The highest BCUT2D eigenvalue weighted by Gasteiger charge is 2.36. The zero-order valence-corrected chi connectivity index (χ0v) is 12.5. The normalized spacial score (nSPS) is 25.0. The number of sulfone groups is 1. The van der Waals surface area contributed by atoms with Gasteiger partial charge in [0.2, 0.25) is 5.91 Å². The summed E-state index contributed by atoms with van der Waals surface area (Å²) < 4.78 is 22.9. The van der Waals surface area contributed by atoms with Gasteiger partial charge in [0, 0.05) is 38.6 Å². The quantitative estimate of drug-likeness (QED) is 0.736. The fraction of sp³-hybridized carbons (Fsp3) is 0.615. The largest absolute Gasteiger partial charge is 0.352 e. The van der Waals surface area contributed by atoms with E-state index in [-0.39, 0.29) is 23.3 Å².